The standard InChI is InChI=1S/C11H12BrClN2S/c1-2-7-6-16-11(14-7)15-9-5-3-4-8(13)10(9)12/h3-5,7H,2,6H2,1H3,(H,14,15). The Morgan fingerprint density at radius 1 is 1.62 bits per heavy atom. The van der Waals surface area contributed by atoms with E-state index in [0.717, 1.165) is 27.5 Å². The van der Waals surface area contributed by atoms with E-state index in [1.165, 1.54) is 0 Å². The van der Waals surface area contributed by atoms with Crippen molar-refractivity contribution in [1.82, 2.24) is 0 Å². The van der Waals surface area contributed by atoms with Gasteiger partial charge in [-0.15, -0.1) is 0 Å². The summed E-state index contributed by atoms with van der Waals surface area (Å²) in [6.07, 6.45) is 1.09. The van der Waals surface area contributed by atoms with E-state index in [9.17, 15) is 0 Å². The first kappa shape index (κ1) is 12.3. The zero-order chi connectivity index (χ0) is 11.5. The van der Waals surface area contributed by atoms with Gasteiger partial charge in [-0.05, 0) is 34.5 Å². The zero-order valence-corrected chi connectivity index (χ0v) is 12.0. The molecule has 0 bridgehead atoms. The van der Waals surface area contributed by atoms with Gasteiger partial charge in [0, 0.05) is 5.75 Å². The summed E-state index contributed by atoms with van der Waals surface area (Å²) in [6.45, 7) is 2.16. The van der Waals surface area contributed by atoms with Gasteiger partial charge in [-0.3, -0.25) is 4.99 Å². The van der Waals surface area contributed by atoms with E-state index in [0.29, 0.717) is 11.1 Å². The number of halogens is 2. The minimum Gasteiger partial charge on any atom is -0.334 e. The summed E-state index contributed by atoms with van der Waals surface area (Å²) in [6, 6.07) is 6.21. The van der Waals surface area contributed by atoms with E-state index < -0.39 is 0 Å². The number of nitrogens with one attached hydrogen (secondary N) is 1. The highest BCUT2D eigenvalue weighted by atomic mass is 79.9. The Morgan fingerprint density at radius 3 is 3.12 bits per heavy atom. The number of hydrogen-bond donors (Lipinski definition) is 1. The number of anilines is 1. The maximum absolute atomic E-state index is 6.02. The molecule has 0 aromatic heterocycles. The molecule has 1 unspecified atom stereocenters. The molecule has 0 aliphatic carbocycles. The summed E-state index contributed by atoms with van der Waals surface area (Å²) < 4.78 is 0.889. The molecule has 0 fully saturated rings. The van der Waals surface area contributed by atoms with Crippen LogP contribution in [0.1, 0.15) is 13.3 Å². The van der Waals surface area contributed by atoms with E-state index in [4.69, 9.17) is 11.6 Å². The van der Waals surface area contributed by atoms with Crippen molar-refractivity contribution >= 4 is 50.1 Å². The molecule has 1 aromatic carbocycles. The summed E-state index contributed by atoms with van der Waals surface area (Å²) >= 11 is 11.2. The van der Waals surface area contributed by atoms with Crippen molar-refractivity contribution in [2.24, 2.45) is 4.99 Å². The van der Waals surface area contributed by atoms with E-state index in [1.807, 2.05) is 18.2 Å². The maximum atomic E-state index is 6.02. The van der Waals surface area contributed by atoms with Crippen LogP contribution in [-0.2, 0) is 0 Å². The Morgan fingerprint density at radius 2 is 2.44 bits per heavy atom. The van der Waals surface area contributed by atoms with Crippen molar-refractivity contribution in [1.29, 1.82) is 0 Å². The van der Waals surface area contributed by atoms with Crippen molar-refractivity contribution in [3.63, 3.8) is 0 Å². The van der Waals surface area contributed by atoms with E-state index in [2.05, 4.69) is 33.2 Å². The molecule has 1 atom stereocenters. The molecular weight excluding hydrogens is 308 g/mol. The summed E-state index contributed by atoms with van der Waals surface area (Å²) in [7, 11) is 0. The number of hydrogen-bond acceptors (Lipinski definition) is 3. The van der Waals surface area contributed by atoms with Crippen molar-refractivity contribution in [3.05, 3.63) is 27.7 Å². The lowest BCUT2D eigenvalue weighted by Crippen LogP contribution is -2.05. The molecule has 5 heteroatoms. The molecule has 0 saturated heterocycles. The van der Waals surface area contributed by atoms with Crippen LogP contribution in [0.25, 0.3) is 0 Å². The highest BCUT2D eigenvalue weighted by molar-refractivity contribution is 9.10. The Kier molecular flexibility index (Phi) is 4.16. The summed E-state index contributed by atoms with van der Waals surface area (Å²) in [5.41, 5.74) is 0.968. The topological polar surface area (TPSA) is 24.4 Å². The molecule has 0 saturated carbocycles. The number of amidine groups is 1. The van der Waals surface area contributed by atoms with Crippen LogP contribution >= 0.6 is 39.3 Å². The quantitative estimate of drug-likeness (QED) is 0.874. The monoisotopic (exact) mass is 318 g/mol. The number of benzene rings is 1. The fourth-order valence-corrected chi connectivity index (χ4v) is 3.01. The average Bonchev–Trinajstić information content (AvgIpc) is 2.73. The molecule has 0 radical (unpaired) electrons. The van der Waals surface area contributed by atoms with Crippen LogP contribution in [0.5, 0.6) is 0 Å². The van der Waals surface area contributed by atoms with E-state index in [-0.39, 0.29) is 0 Å². The van der Waals surface area contributed by atoms with Gasteiger partial charge in [0.25, 0.3) is 0 Å². The molecule has 1 N–H and O–H groups in total. The average molecular weight is 320 g/mol. The molecular formula is C11H12BrClN2S. The van der Waals surface area contributed by atoms with Crippen LogP contribution in [0.4, 0.5) is 5.69 Å². The fourth-order valence-electron chi connectivity index (χ4n) is 1.41. The van der Waals surface area contributed by atoms with Gasteiger partial charge in [0.05, 0.1) is 21.2 Å². The molecule has 16 heavy (non-hydrogen) atoms. The third kappa shape index (κ3) is 2.73. The first-order valence-electron chi connectivity index (χ1n) is 5.12. The summed E-state index contributed by atoms with van der Waals surface area (Å²) in [5.74, 6) is 1.07. The predicted octanol–water partition coefficient (Wildman–Crippen LogP) is 4.40. The molecule has 2 nitrogen and oxygen atoms in total. The lowest BCUT2D eigenvalue weighted by Gasteiger charge is -2.08. The number of rotatable bonds is 2. The van der Waals surface area contributed by atoms with Gasteiger partial charge < -0.3 is 5.32 Å². The third-order valence-corrected chi connectivity index (χ3v) is 4.81. The van der Waals surface area contributed by atoms with Gasteiger partial charge in [-0.1, -0.05) is 36.4 Å². The minimum atomic E-state index is 0.449. The second-order valence-corrected chi connectivity index (χ2v) is 5.74. The largest absolute Gasteiger partial charge is 0.334 e. The maximum Gasteiger partial charge on any atom is 0.161 e. The molecule has 1 aliphatic heterocycles. The summed E-state index contributed by atoms with van der Waals surface area (Å²) in [4.78, 5) is 4.58. The Labute approximate surface area is 113 Å². The Balaban J connectivity index is 2.13. The predicted molar refractivity (Wildman–Crippen MR) is 76.7 cm³/mol. The van der Waals surface area contributed by atoms with Gasteiger partial charge in [0.2, 0.25) is 0 Å². The number of nitrogens with zero attached hydrogens (tertiary/aromatic N) is 1. The summed E-state index contributed by atoms with van der Waals surface area (Å²) in [5, 5.41) is 4.99. The van der Waals surface area contributed by atoms with Crippen molar-refractivity contribution < 1.29 is 0 Å². The molecule has 2 rings (SSSR count). The van der Waals surface area contributed by atoms with Crippen LogP contribution in [0.15, 0.2) is 27.7 Å². The van der Waals surface area contributed by atoms with E-state index in [1.54, 1.807) is 11.8 Å². The van der Waals surface area contributed by atoms with Crippen molar-refractivity contribution in [2.75, 3.05) is 11.1 Å². The third-order valence-electron chi connectivity index (χ3n) is 2.38. The smallest absolute Gasteiger partial charge is 0.161 e. The number of aliphatic imine (C=N–C) groups is 1. The van der Waals surface area contributed by atoms with Gasteiger partial charge in [-0.25, -0.2) is 0 Å². The molecule has 0 spiro atoms. The lowest BCUT2D eigenvalue weighted by molar-refractivity contribution is 0.738. The molecule has 1 aromatic rings. The van der Waals surface area contributed by atoms with Crippen molar-refractivity contribution in [2.45, 2.75) is 19.4 Å². The SMILES string of the molecule is CCC1CSC(Nc2cccc(Cl)c2Br)=N1. The van der Waals surface area contributed by atoms with Gasteiger partial charge in [0.1, 0.15) is 0 Å². The number of thioether (sulfide) groups is 1. The van der Waals surface area contributed by atoms with Gasteiger partial charge in [-0.2, -0.15) is 0 Å². The van der Waals surface area contributed by atoms with E-state index >= 15 is 0 Å². The van der Waals surface area contributed by atoms with Crippen molar-refractivity contribution in [3.8, 4) is 0 Å². The van der Waals surface area contributed by atoms with Crippen LogP contribution in [0, 0.1) is 0 Å². The molecule has 0 amide bonds. The highest BCUT2D eigenvalue weighted by Gasteiger charge is 2.17. The van der Waals surface area contributed by atoms with Crippen LogP contribution in [0.3, 0.4) is 0 Å². The fraction of sp³-hybridized carbons (Fsp3) is 0.364. The second kappa shape index (κ2) is 5.43. The molecule has 1 aliphatic rings. The first-order chi connectivity index (χ1) is 7.70. The van der Waals surface area contributed by atoms with Gasteiger partial charge >= 0.3 is 0 Å². The lowest BCUT2D eigenvalue weighted by atomic mass is 10.3. The minimum absolute atomic E-state index is 0.449. The van der Waals surface area contributed by atoms with Crippen LogP contribution < -0.4 is 5.32 Å². The Hall–Kier alpha value is -0.190. The normalized spacial score (nSPS) is 19.7. The highest BCUT2D eigenvalue weighted by Crippen LogP contribution is 2.31. The van der Waals surface area contributed by atoms with Crippen LogP contribution in [-0.4, -0.2) is 17.0 Å². The zero-order valence-electron chi connectivity index (χ0n) is 8.84. The molecule has 86 valence electrons. The Bertz CT molecular complexity index is 422. The van der Waals surface area contributed by atoms with Gasteiger partial charge in [0.15, 0.2) is 5.17 Å². The second-order valence-electron chi connectivity index (χ2n) is 3.53. The molecule has 1 heterocycles. The first-order valence-corrected chi connectivity index (χ1v) is 7.28. The van der Waals surface area contributed by atoms with Crippen LogP contribution in [0.2, 0.25) is 5.02 Å².